The van der Waals surface area contributed by atoms with Gasteiger partial charge in [0, 0.05) is 30.1 Å². The molecule has 2 unspecified atom stereocenters. The van der Waals surface area contributed by atoms with Crippen LogP contribution in [-0.4, -0.2) is 30.3 Å². The van der Waals surface area contributed by atoms with Gasteiger partial charge in [0.1, 0.15) is 0 Å². The zero-order chi connectivity index (χ0) is 13.6. The van der Waals surface area contributed by atoms with E-state index in [1.807, 2.05) is 11.7 Å². The Morgan fingerprint density at radius 1 is 1.39 bits per heavy atom. The monoisotopic (exact) mass is 270 g/mol. The van der Waals surface area contributed by atoms with E-state index < -0.39 is 0 Å². The van der Waals surface area contributed by atoms with Gasteiger partial charge in [-0.05, 0) is 18.9 Å². The molecule has 0 saturated carbocycles. The lowest BCUT2D eigenvalue weighted by Gasteiger charge is -2.37. The molecular weight excluding hydrogens is 244 g/mol. The van der Waals surface area contributed by atoms with E-state index in [-0.39, 0.29) is 11.5 Å². The third kappa shape index (κ3) is 4.67. The number of likely N-dealkylation sites (N-methyl/N-ethyl adjacent to an activating group) is 1. The zero-order valence-corrected chi connectivity index (χ0v) is 13.0. The van der Waals surface area contributed by atoms with Crippen molar-refractivity contribution in [3.63, 3.8) is 0 Å². The summed E-state index contributed by atoms with van der Waals surface area (Å²) in [6.45, 7) is 12.6. The Morgan fingerprint density at radius 3 is 2.56 bits per heavy atom. The molecule has 0 aromatic carbocycles. The van der Waals surface area contributed by atoms with E-state index in [4.69, 9.17) is 4.74 Å². The first-order chi connectivity index (χ1) is 8.49. The summed E-state index contributed by atoms with van der Waals surface area (Å²) in [5, 5.41) is 3.57. The number of aromatic nitrogens is 1. The number of thiazole rings is 1. The number of nitrogens with one attached hydrogen (secondary N) is 1. The van der Waals surface area contributed by atoms with Crippen LogP contribution in [0.1, 0.15) is 39.5 Å². The highest BCUT2D eigenvalue weighted by atomic mass is 32.1. The molecule has 18 heavy (non-hydrogen) atoms. The van der Waals surface area contributed by atoms with Crippen molar-refractivity contribution in [2.45, 2.75) is 53.2 Å². The number of nitrogens with zero attached hydrogens (tertiary/aromatic N) is 1. The van der Waals surface area contributed by atoms with E-state index in [9.17, 15) is 0 Å². The van der Waals surface area contributed by atoms with Crippen molar-refractivity contribution >= 4 is 11.3 Å². The lowest BCUT2D eigenvalue weighted by atomic mass is 9.83. The van der Waals surface area contributed by atoms with Crippen molar-refractivity contribution in [1.29, 1.82) is 0 Å². The summed E-state index contributed by atoms with van der Waals surface area (Å²) >= 11 is 1.72. The highest BCUT2D eigenvalue weighted by Crippen LogP contribution is 2.27. The van der Waals surface area contributed by atoms with E-state index in [2.05, 4.69) is 44.9 Å². The Labute approximate surface area is 115 Å². The summed E-state index contributed by atoms with van der Waals surface area (Å²) in [7, 11) is 0. The molecule has 104 valence electrons. The molecule has 4 heteroatoms. The van der Waals surface area contributed by atoms with Crippen molar-refractivity contribution in [3.8, 4) is 0 Å². The molecule has 1 aromatic heterocycles. The molecule has 0 radical (unpaired) electrons. The largest absolute Gasteiger partial charge is 0.376 e. The summed E-state index contributed by atoms with van der Waals surface area (Å²) in [6.07, 6.45) is 3.16. The fourth-order valence-corrected chi connectivity index (χ4v) is 2.91. The van der Waals surface area contributed by atoms with Crippen LogP contribution in [0.3, 0.4) is 0 Å². The molecule has 1 heterocycles. The molecular formula is C14H26N2OS. The van der Waals surface area contributed by atoms with Crippen LogP contribution in [0.5, 0.6) is 0 Å². The molecule has 0 aliphatic rings. The maximum absolute atomic E-state index is 5.99. The number of ether oxygens (including phenoxy) is 1. The van der Waals surface area contributed by atoms with Crippen molar-refractivity contribution in [2.24, 2.45) is 5.41 Å². The van der Waals surface area contributed by atoms with Crippen molar-refractivity contribution < 1.29 is 4.74 Å². The first-order valence-electron chi connectivity index (χ1n) is 6.71. The smallest absolute Gasteiger partial charge is 0.0794 e. The highest BCUT2D eigenvalue weighted by molar-refractivity contribution is 7.09. The van der Waals surface area contributed by atoms with E-state index in [0.717, 1.165) is 19.6 Å². The molecule has 3 nitrogen and oxygen atoms in total. The summed E-state index contributed by atoms with van der Waals surface area (Å²) in [5.41, 5.74) is 2.03. The molecule has 1 aromatic rings. The Kier molecular flexibility index (Phi) is 6.26. The van der Waals surface area contributed by atoms with Gasteiger partial charge in [0.05, 0.1) is 11.6 Å². The SMILES string of the molecule is CCNC(Cc1cncs1)C(OCC)C(C)(C)C. The lowest BCUT2D eigenvalue weighted by molar-refractivity contribution is -0.0351. The Morgan fingerprint density at radius 2 is 2.11 bits per heavy atom. The number of hydrogen-bond donors (Lipinski definition) is 1. The third-order valence-corrected chi connectivity index (χ3v) is 3.74. The molecule has 0 amide bonds. The lowest BCUT2D eigenvalue weighted by Crippen LogP contribution is -2.49. The maximum Gasteiger partial charge on any atom is 0.0794 e. The van der Waals surface area contributed by atoms with Crippen LogP contribution in [0.15, 0.2) is 11.7 Å². The third-order valence-electron chi connectivity index (χ3n) is 2.94. The van der Waals surface area contributed by atoms with Crippen LogP contribution < -0.4 is 5.32 Å². The van der Waals surface area contributed by atoms with Crippen LogP contribution in [-0.2, 0) is 11.2 Å². The second kappa shape index (κ2) is 7.22. The van der Waals surface area contributed by atoms with Gasteiger partial charge >= 0.3 is 0 Å². The first-order valence-corrected chi connectivity index (χ1v) is 7.59. The van der Waals surface area contributed by atoms with Crippen LogP contribution in [0.4, 0.5) is 0 Å². The normalized spacial score (nSPS) is 15.6. The molecule has 0 aliphatic heterocycles. The van der Waals surface area contributed by atoms with Crippen LogP contribution >= 0.6 is 11.3 Å². The quantitative estimate of drug-likeness (QED) is 0.826. The summed E-state index contributed by atoms with van der Waals surface area (Å²) < 4.78 is 5.99. The van der Waals surface area contributed by atoms with Crippen LogP contribution in [0.2, 0.25) is 0 Å². The summed E-state index contributed by atoms with van der Waals surface area (Å²) in [4.78, 5) is 5.47. The van der Waals surface area contributed by atoms with Gasteiger partial charge in [-0.15, -0.1) is 11.3 Å². The van der Waals surface area contributed by atoms with E-state index in [0.29, 0.717) is 6.04 Å². The minimum Gasteiger partial charge on any atom is -0.376 e. The van der Waals surface area contributed by atoms with Gasteiger partial charge < -0.3 is 10.1 Å². The molecule has 0 bridgehead atoms. The minimum atomic E-state index is 0.132. The average Bonchev–Trinajstić information content (AvgIpc) is 2.76. The second-order valence-corrected chi connectivity index (χ2v) is 6.55. The Balaban J connectivity index is 2.79. The summed E-state index contributed by atoms with van der Waals surface area (Å²) in [6, 6.07) is 0.343. The molecule has 0 spiro atoms. The van der Waals surface area contributed by atoms with Gasteiger partial charge in [-0.2, -0.15) is 0 Å². The number of hydrogen-bond acceptors (Lipinski definition) is 4. The van der Waals surface area contributed by atoms with Gasteiger partial charge in [0.25, 0.3) is 0 Å². The van der Waals surface area contributed by atoms with Crippen LogP contribution in [0, 0.1) is 5.41 Å². The number of rotatable bonds is 7. The van der Waals surface area contributed by atoms with Crippen molar-refractivity contribution in [1.82, 2.24) is 10.3 Å². The minimum absolute atomic E-state index is 0.132. The van der Waals surface area contributed by atoms with E-state index in [1.165, 1.54) is 4.88 Å². The maximum atomic E-state index is 5.99. The van der Waals surface area contributed by atoms with E-state index >= 15 is 0 Å². The topological polar surface area (TPSA) is 34.2 Å². The van der Waals surface area contributed by atoms with Gasteiger partial charge in [-0.1, -0.05) is 27.7 Å². The van der Waals surface area contributed by atoms with Crippen molar-refractivity contribution in [2.75, 3.05) is 13.2 Å². The van der Waals surface area contributed by atoms with Crippen molar-refractivity contribution in [3.05, 3.63) is 16.6 Å². The fourth-order valence-electron chi connectivity index (χ4n) is 2.26. The molecule has 0 aliphatic carbocycles. The van der Waals surface area contributed by atoms with Gasteiger partial charge in [0.2, 0.25) is 0 Å². The predicted molar refractivity (Wildman–Crippen MR) is 78.2 cm³/mol. The second-order valence-electron chi connectivity index (χ2n) is 5.58. The highest BCUT2D eigenvalue weighted by Gasteiger charge is 2.32. The molecule has 0 saturated heterocycles. The predicted octanol–water partition coefficient (Wildman–Crippen LogP) is 3.11. The Hall–Kier alpha value is -0.450. The molecule has 1 N–H and O–H groups in total. The molecule has 1 rings (SSSR count). The van der Waals surface area contributed by atoms with E-state index in [1.54, 1.807) is 11.3 Å². The standard InChI is InChI=1S/C14H26N2OS/c1-6-16-12(8-11-9-15-10-18-11)13(17-7-2)14(3,4)5/h9-10,12-13,16H,6-8H2,1-5H3. The van der Waals surface area contributed by atoms with Crippen LogP contribution in [0.25, 0.3) is 0 Å². The Bertz CT molecular complexity index is 319. The summed E-state index contributed by atoms with van der Waals surface area (Å²) in [5.74, 6) is 0. The molecule has 2 atom stereocenters. The zero-order valence-electron chi connectivity index (χ0n) is 12.2. The van der Waals surface area contributed by atoms with Gasteiger partial charge in [-0.25, -0.2) is 0 Å². The fraction of sp³-hybridized carbons (Fsp3) is 0.786. The first kappa shape index (κ1) is 15.6. The molecule has 0 fully saturated rings. The van der Waals surface area contributed by atoms with Gasteiger partial charge in [0.15, 0.2) is 0 Å². The average molecular weight is 270 g/mol. The van der Waals surface area contributed by atoms with Gasteiger partial charge in [-0.3, -0.25) is 4.98 Å².